The number of carbonyl (C=O) groups is 2. The van der Waals surface area contributed by atoms with Crippen molar-refractivity contribution in [2.75, 3.05) is 23.7 Å². The van der Waals surface area contributed by atoms with Crippen molar-refractivity contribution in [3.05, 3.63) is 29.3 Å². The van der Waals surface area contributed by atoms with Gasteiger partial charge in [-0.25, -0.2) is 13.4 Å². The highest BCUT2D eigenvalue weighted by Gasteiger charge is 2.28. The van der Waals surface area contributed by atoms with E-state index < -0.39 is 15.9 Å². The molecule has 1 aliphatic rings. The lowest BCUT2D eigenvalue weighted by Gasteiger charge is -2.16. The molecule has 0 aliphatic carbocycles. The van der Waals surface area contributed by atoms with Crippen molar-refractivity contribution < 1.29 is 23.1 Å². The quantitative estimate of drug-likeness (QED) is 0.554. The fourth-order valence-corrected chi connectivity index (χ4v) is 5.16. The van der Waals surface area contributed by atoms with E-state index >= 15 is 0 Å². The minimum absolute atomic E-state index is 0.0174. The van der Waals surface area contributed by atoms with Crippen molar-refractivity contribution >= 4 is 44.0 Å². The summed E-state index contributed by atoms with van der Waals surface area (Å²) in [6.07, 6.45) is 1.54. The van der Waals surface area contributed by atoms with Crippen LogP contribution in [0.25, 0.3) is 0 Å². The number of aromatic hydroxyl groups is 1. The maximum atomic E-state index is 12.7. The number of sulfonamides is 1. The van der Waals surface area contributed by atoms with E-state index in [2.05, 4.69) is 15.6 Å². The second-order valence-corrected chi connectivity index (χ2v) is 10.1. The monoisotopic (exact) mass is 452 g/mol. The summed E-state index contributed by atoms with van der Waals surface area (Å²) in [4.78, 5) is 28.3. The fourth-order valence-electron chi connectivity index (χ4n) is 2.91. The van der Waals surface area contributed by atoms with Gasteiger partial charge in [0.15, 0.2) is 5.13 Å². The number of carbonyl (C=O) groups excluding carboxylic acids is 2. The zero-order valence-electron chi connectivity index (χ0n) is 16.7. The van der Waals surface area contributed by atoms with Crippen LogP contribution in [0.4, 0.5) is 10.8 Å². The molecule has 1 aliphatic heterocycles. The Labute approximate surface area is 179 Å². The van der Waals surface area contributed by atoms with Gasteiger partial charge in [0, 0.05) is 24.4 Å². The van der Waals surface area contributed by atoms with E-state index in [1.54, 1.807) is 19.2 Å². The highest BCUT2D eigenvalue weighted by molar-refractivity contribution is 7.89. The average molecular weight is 453 g/mol. The van der Waals surface area contributed by atoms with Gasteiger partial charge < -0.3 is 15.7 Å². The number of amides is 2. The van der Waals surface area contributed by atoms with Gasteiger partial charge in [-0.05, 0) is 31.0 Å². The highest BCUT2D eigenvalue weighted by atomic mass is 32.2. The van der Waals surface area contributed by atoms with E-state index in [4.69, 9.17) is 0 Å². The molecule has 2 amide bonds. The zero-order chi connectivity index (χ0) is 21.9. The first-order chi connectivity index (χ1) is 14.2. The predicted octanol–water partition coefficient (Wildman–Crippen LogP) is 2.41. The number of benzene rings is 1. The molecule has 3 N–H and O–H groups in total. The maximum absolute atomic E-state index is 12.7. The zero-order valence-corrected chi connectivity index (χ0v) is 18.3. The van der Waals surface area contributed by atoms with E-state index in [-0.39, 0.29) is 34.6 Å². The van der Waals surface area contributed by atoms with E-state index in [0.29, 0.717) is 23.9 Å². The number of aromatic nitrogens is 1. The predicted molar refractivity (Wildman–Crippen MR) is 114 cm³/mol. The summed E-state index contributed by atoms with van der Waals surface area (Å²) in [6, 6.07) is 3.83. The van der Waals surface area contributed by atoms with Gasteiger partial charge >= 0.3 is 0 Å². The van der Waals surface area contributed by atoms with Crippen LogP contribution in [0.5, 0.6) is 5.75 Å². The van der Waals surface area contributed by atoms with E-state index in [1.165, 1.54) is 33.8 Å². The molecule has 9 nitrogen and oxygen atoms in total. The highest BCUT2D eigenvalue weighted by Crippen LogP contribution is 2.29. The topological polar surface area (TPSA) is 129 Å². The molecule has 1 fully saturated rings. The van der Waals surface area contributed by atoms with Crippen LogP contribution in [-0.4, -0.2) is 47.7 Å². The van der Waals surface area contributed by atoms with Gasteiger partial charge in [0.1, 0.15) is 5.75 Å². The van der Waals surface area contributed by atoms with Crippen molar-refractivity contribution in [3.63, 3.8) is 0 Å². The number of thiazole rings is 1. The summed E-state index contributed by atoms with van der Waals surface area (Å²) in [6.45, 7) is 4.46. The largest absolute Gasteiger partial charge is 0.506 e. The maximum Gasteiger partial charge on any atom is 0.243 e. The van der Waals surface area contributed by atoms with Crippen LogP contribution >= 0.6 is 11.3 Å². The lowest BCUT2D eigenvalue weighted by atomic mass is 10.2. The SMILES string of the molecule is CC(C)C(=O)Nc1nc(CC(=O)Nc2cc(S(=O)(=O)N3CCCC3)ccc2O)cs1. The standard InChI is InChI=1S/C19H24N4O5S2/c1-12(2)18(26)22-19-20-13(11-29-19)9-17(25)21-15-10-14(5-6-16(15)24)30(27,28)23-7-3-4-8-23/h5-6,10-12,24H,3-4,7-9H2,1-2H3,(H,21,25)(H,20,22,26). The molecule has 1 aromatic heterocycles. The number of rotatable bonds is 7. The summed E-state index contributed by atoms with van der Waals surface area (Å²) in [5.41, 5.74) is 0.473. The minimum atomic E-state index is -3.67. The van der Waals surface area contributed by atoms with Gasteiger partial charge in [-0.15, -0.1) is 11.3 Å². The Balaban J connectivity index is 1.68. The van der Waals surface area contributed by atoms with Gasteiger partial charge in [0.05, 0.1) is 22.7 Å². The van der Waals surface area contributed by atoms with Crippen LogP contribution in [0.3, 0.4) is 0 Å². The minimum Gasteiger partial charge on any atom is -0.506 e. The van der Waals surface area contributed by atoms with E-state index in [0.717, 1.165) is 12.8 Å². The molecule has 0 radical (unpaired) electrons. The summed E-state index contributed by atoms with van der Waals surface area (Å²) in [7, 11) is -3.67. The normalized spacial score (nSPS) is 14.8. The molecular formula is C19H24N4O5S2. The Kier molecular flexibility index (Phi) is 6.74. The average Bonchev–Trinajstić information content (AvgIpc) is 3.36. The number of hydrogen-bond acceptors (Lipinski definition) is 7. The van der Waals surface area contributed by atoms with Crippen molar-refractivity contribution in [2.24, 2.45) is 5.92 Å². The fraction of sp³-hybridized carbons (Fsp3) is 0.421. The molecule has 0 spiro atoms. The number of hydrogen-bond donors (Lipinski definition) is 3. The van der Waals surface area contributed by atoms with Gasteiger partial charge in [-0.2, -0.15) is 4.31 Å². The van der Waals surface area contributed by atoms with Crippen LogP contribution in [-0.2, 0) is 26.0 Å². The van der Waals surface area contributed by atoms with Crippen LogP contribution in [0.2, 0.25) is 0 Å². The van der Waals surface area contributed by atoms with Crippen LogP contribution < -0.4 is 10.6 Å². The molecular weight excluding hydrogens is 428 g/mol. The molecule has 3 rings (SSSR count). The third kappa shape index (κ3) is 5.15. The number of anilines is 2. The number of phenolic OH excluding ortho intramolecular Hbond substituents is 1. The number of nitrogens with zero attached hydrogens (tertiary/aromatic N) is 2. The van der Waals surface area contributed by atoms with Crippen molar-refractivity contribution in [1.82, 2.24) is 9.29 Å². The molecule has 1 aromatic carbocycles. The molecule has 2 heterocycles. The summed E-state index contributed by atoms with van der Waals surface area (Å²) >= 11 is 1.21. The first-order valence-corrected chi connectivity index (χ1v) is 11.9. The molecule has 0 bridgehead atoms. The summed E-state index contributed by atoms with van der Waals surface area (Å²) < 4.78 is 26.8. The second kappa shape index (κ2) is 9.11. The number of phenols is 1. The molecule has 0 saturated carbocycles. The summed E-state index contributed by atoms with van der Waals surface area (Å²) in [5, 5.41) is 17.3. The molecule has 0 unspecified atom stereocenters. The van der Waals surface area contributed by atoms with Gasteiger partial charge in [0.25, 0.3) is 0 Å². The van der Waals surface area contributed by atoms with Crippen LogP contribution in [0, 0.1) is 5.92 Å². The molecule has 0 atom stereocenters. The first kappa shape index (κ1) is 22.2. The van der Waals surface area contributed by atoms with Crippen LogP contribution in [0.15, 0.2) is 28.5 Å². The van der Waals surface area contributed by atoms with Gasteiger partial charge in [-0.3, -0.25) is 9.59 Å². The lowest BCUT2D eigenvalue weighted by molar-refractivity contribution is -0.119. The van der Waals surface area contributed by atoms with E-state index in [9.17, 15) is 23.1 Å². The third-order valence-corrected chi connectivity index (χ3v) is 7.29. The Morgan fingerprint density at radius 1 is 1.23 bits per heavy atom. The lowest BCUT2D eigenvalue weighted by Crippen LogP contribution is -2.28. The van der Waals surface area contributed by atoms with Gasteiger partial charge in [0.2, 0.25) is 21.8 Å². The molecule has 11 heteroatoms. The number of nitrogens with one attached hydrogen (secondary N) is 2. The van der Waals surface area contributed by atoms with Crippen molar-refractivity contribution in [1.29, 1.82) is 0 Å². The van der Waals surface area contributed by atoms with Crippen LogP contribution in [0.1, 0.15) is 32.4 Å². The Hall–Kier alpha value is -2.50. The van der Waals surface area contributed by atoms with E-state index in [1.807, 2.05) is 0 Å². The van der Waals surface area contributed by atoms with Crippen molar-refractivity contribution in [2.45, 2.75) is 38.0 Å². The smallest absolute Gasteiger partial charge is 0.243 e. The Bertz CT molecular complexity index is 1040. The molecule has 30 heavy (non-hydrogen) atoms. The van der Waals surface area contributed by atoms with Crippen molar-refractivity contribution in [3.8, 4) is 5.75 Å². The molecule has 162 valence electrons. The van der Waals surface area contributed by atoms with Gasteiger partial charge in [-0.1, -0.05) is 13.8 Å². The third-order valence-electron chi connectivity index (χ3n) is 4.59. The second-order valence-electron chi connectivity index (χ2n) is 7.30. The Morgan fingerprint density at radius 3 is 2.60 bits per heavy atom. The first-order valence-electron chi connectivity index (χ1n) is 9.55. The summed E-state index contributed by atoms with van der Waals surface area (Å²) in [5.74, 6) is -1.05. The Morgan fingerprint density at radius 2 is 1.93 bits per heavy atom. The molecule has 1 saturated heterocycles. The molecule has 2 aromatic rings.